The standard InChI is InChI=1S/C11H10F2S/c12-11(13,9-6-7-9)10(14)8-4-2-1-3-5-8/h1-5,9H,6-7H2. The lowest BCUT2D eigenvalue weighted by molar-refractivity contribution is 0.0566. The molecule has 1 aromatic rings. The Kier molecular flexibility index (Phi) is 2.35. The van der Waals surface area contributed by atoms with Gasteiger partial charge in [0, 0.05) is 5.92 Å². The van der Waals surface area contributed by atoms with Crippen LogP contribution in [0.4, 0.5) is 8.78 Å². The summed E-state index contributed by atoms with van der Waals surface area (Å²) < 4.78 is 27.1. The fraction of sp³-hybridized carbons (Fsp3) is 0.364. The van der Waals surface area contributed by atoms with E-state index in [0.717, 1.165) is 0 Å². The largest absolute Gasteiger partial charge is 0.286 e. The Labute approximate surface area is 86.9 Å². The molecule has 1 aliphatic carbocycles. The molecule has 0 nitrogen and oxygen atoms in total. The highest BCUT2D eigenvalue weighted by atomic mass is 32.1. The van der Waals surface area contributed by atoms with Crippen molar-refractivity contribution in [1.82, 2.24) is 0 Å². The summed E-state index contributed by atoms with van der Waals surface area (Å²) in [6, 6.07) is 8.52. The van der Waals surface area contributed by atoms with Gasteiger partial charge in [-0.05, 0) is 18.4 Å². The number of thiocarbonyl (C=S) groups is 1. The van der Waals surface area contributed by atoms with E-state index in [1.54, 1.807) is 30.3 Å². The van der Waals surface area contributed by atoms with Crippen molar-refractivity contribution in [2.24, 2.45) is 5.92 Å². The van der Waals surface area contributed by atoms with Crippen LogP contribution in [0.2, 0.25) is 0 Å². The quantitative estimate of drug-likeness (QED) is 0.546. The van der Waals surface area contributed by atoms with E-state index in [1.165, 1.54) is 0 Å². The number of halogens is 2. The predicted molar refractivity (Wildman–Crippen MR) is 55.8 cm³/mol. The summed E-state index contributed by atoms with van der Waals surface area (Å²) in [5.74, 6) is -3.31. The zero-order valence-corrected chi connectivity index (χ0v) is 8.36. The van der Waals surface area contributed by atoms with Crippen molar-refractivity contribution in [3.8, 4) is 0 Å². The molecule has 2 rings (SSSR count). The van der Waals surface area contributed by atoms with Crippen LogP contribution >= 0.6 is 12.2 Å². The summed E-state index contributed by atoms with van der Waals surface area (Å²) >= 11 is 4.82. The summed E-state index contributed by atoms with van der Waals surface area (Å²) in [5.41, 5.74) is 0.472. The fourth-order valence-electron chi connectivity index (χ4n) is 1.41. The Hall–Kier alpha value is -0.830. The normalized spacial score (nSPS) is 16.7. The molecule has 0 spiro atoms. The van der Waals surface area contributed by atoms with E-state index in [4.69, 9.17) is 12.2 Å². The SMILES string of the molecule is FC(F)(C(=S)c1ccccc1)C1CC1. The van der Waals surface area contributed by atoms with Crippen LogP contribution in [0.3, 0.4) is 0 Å². The molecule has 0 bridgehead atoms. The molecule has 1 fully saturated rings. The molecule has 3 heteroatoms. The summed E-state index contributed by atoms with van der Waals surface area (Å²) in [6.07, 6.45) is 1.19. The first kappa shape index (κ1) is 9.71. The second kappa shape index (κ2) is 3.39. The summed E-state index contributed by atoms with van der Waals surface area (Å²) in [7, 11) is 0. The number of benzene rings is 1. The average molecular weight is 212 g/mol. The van der Waals surface area contributed by atoms with Gasteiger partial charge in [-0.2, -0.15) is 0 Å². The maximum absolute atomic E-state index is 13.5. The third-order valence-electron chi connectivity index (χ3n) is 2.43. The van der Waals surface area contributed by atoms with Crippen LogP contribution < -0.4 is 0 Å². The first-order chi connectivity index (χ1) is 6.62. The first-order valence-electron chi connectivity index (χ1n) is 4.60. The Morgan fingerprint density at radius 3 is 2.29 bits per heavy atom. The van der Waals surface area contributed by atoms with E-state index in [-0.39, 0.29) is 4.86 Å². The molecular formula is C11H10F2S. The third kappa shape index (κ3) is 1.69. The summed E-state index contributed by atoms with van der Waals surface area (Å²) in [6.45, 7) is 0. The molecule has 1 aromatic carbocycles. The van der Waals surface area contributed by atoms with Gasteiger partial charge in [0.1, 0.15) is 0 Å². The molecule has 1 saturated carbocycles. The lowest BCUT2D eigenvalue weighted by Gasteiger charge is -2.16. The van der Waals surface area contributed by atoms with Gasteiger partial charge >= 0.3 is 0 Å². The van der Waals surface area contributed by atoms with Crippen molar-refractivity contribution in [1.29, 1.82) is 0 Å². The molecule has 0 atom stereocenters. The molecule has 0 aliphatic heterocycles. The lowest BCUT2D eigenvalue weighted by atomic mass is 10.0. The maximum atomic E-state index is 13.5. The number of hydrogen-bond acceptors (Lipinski definition) is 1. The van der Waals surface area contributed by atoms with Crippen LogP contribution in [0.1, 0.15) is 18.4 Å². The predicted octanol–water partition coefficient (Wildman–Crippen LogP) is 3.45. The van der Waals surface area contributed by atoms with Gasteiger partial charge in [-0.15, -0.1) is 0 Å². The van der Waals surface area contributed by atoms with Crippen molar-refractivity contribution < 1.29 is 8.78 Å². The molecule has 0 amide bonds. The van der Waals surface area contributed by atoms with Crippen LogP contribution in [0, 0.1) is 5.92 Å². The van der Waals surface area contributed by atoms with Gasteiger partial charge in [-0.3, -0.25) is 0 Å². The highest BCUT2D eigenvalue weighted by Gasteiger charge is 2.49. The molecule has 0 radical (unpaired) electrons. The molecule has 1 aliphatic rings. The van der Waals surface area contributed by atoms with Crippen LogP contribution in [0.25, 0.3) is 0 Å². The topological polar surface area (TPSA) is 0 Å². The third-order valence-corrected chi connectivity index (χ3v) is 2.94. The van der Waals surface area contributed by atoms with E-state index < -0.39 is 11.8 Å². The monoisotopic (exact) mass is 212 g/mol. The van der Waals surface area contributed by atoms with Gasteiger partial charge < -0.3 is 0 Å². The minimum absolute atomic E-state index is 0.208. The highest BCUT2D eigenvalue weighted by Crippen LogP contribution is 2.45. The van der Waals surface area contributed by atoms with Gasteiger partial charge in [0.15, 0.2) is 0 Å². The Bertz CT molecular complexity index is 342. The van der Waals surface area contributed by atoms with Crippen molar-refractivity contribution >= 4 is 17.1 Å². The molecule has 74 valence electrons. The van der Waals surface area contributed by atoms with E-state index in [0.29, 0.717) is 18.4 Å². The van der Waals surface area contributed by atoms with Gasteiger partial charge in [-0.1, -0.05) is 42.5 Å². The van der Waals surface area contributed by atoms with E-state index in [2.05, 4.69) is 0 Å². The molecule has 0 saturated heterocycles. The van der Waals surface area contributed by atoms with Gasteiger partial charge in [-0.25, -0.2) is 8.78 Å². The minimum atomic E-state index is -2.79. The second-order valence-corrected chi connectivity index (χ2v) is 4.00. The molecular weight excluding hydrogens is 202 g/mol. The van der Waals surface area contributed by atoms with Crippen LogP contribution in [-0.4, -0.2) is 10.8 Å². The molecule has 0 heterocycles. The Morgan fingerprint density at radius 2 is 1.79 bits per heavy atom. The van der Waals surface area contributed by atoms with Gasteiger partial charge in [0.05, 0.1) is 4.86 Å². The number of rotatable bonds is 3. The maximum Gasteiger partial charge on any atom is 0.286 e. The van der Waals surface area contributed by atoms with Crippen molar-refractivity contribution in [2.75, 3.05) is 0 Å². The molecule has 14 heavy (non-hydrogen) atoms. The average Bonchev–Trinajstić information content (AvgIpc) is 3.01. The Balaban J connectivity index is 2.23. The van der Waals surface area contributed by atoms with Crippen molar-refractivity contribution in [3.05, 3.63) is 35.9 Å². The van der Waals surface area contributed by atoms with E-state index in [1.807, 2.05) is 0 Å². The smallest absolute Gasteiger partial charge is 0.200 e. The molecule has 0 N–H and O–H groups in total. The zero-order valence-electron chi connectivity index (χ0n) is 7.54. The first-order valence-corrected chi connectivity index (χ1v) is 5.01. The van der Waals surface area contributed by atoms with Crippen molar-refractivity contribution in [2.45, 2.75) is 18.8 Å². The summed E-state index contributed by atoms with van der Waals surface area (Å²) in [4.78, 5) is -0.208. The van der Waals surface area contributed by atoms with Crippen molar-refractivity contribution in [3.63, 3.8) is 0 Å². The van der Waals surface area contributed by atoms with Crippen LogP contribution in [-0.2, 0) is 0 Å². The number of alkyl halides is 2. The zero-order chi connectivity index (χ0) is 10.2. The van der Waals surface area contributed by atoms with Gasteiger partial charge in [0.25, 0.3) is 5.92 Å². The number of hydrogen-bond donors (Lipinski definition) is 0. The van der Waals surface area contributed by atoms with E-state index in [9.17, 15) is 8.78 Å². The van der Waals surface area contributed by atoms with Crippen LogP contribution in [0.5, 0.6) is 0 Å². The van der Waals surface area contributed by atoms with Gasteiger partial charge in [0.2, 0.25) is 0 Å². The lowest BCUT2D eigenvalue weighted by Crippen LogP contribution is -2.30. The minimum Gasteiger partial charge on any atom is -0.200 e. The van der Waals surface area contributed by atoms with E-state index >= 15 is 0 Å². The highest BCUT2D eigenvalue weighted by molar-refractivity contribution is 7.81. The van der Waals surface area contributed by atoms with Crippen LogP contribution in [0.15, 0.2) is 30.3 Å². The fourth-order valence-corrected chi connectivity index (χ4v) is 1.72. The molecule has 0 aromatic heterocycles. The Morgan fingerprint density at radius 1 is 1.21 bits per heavy atom. The summed E-state index contributed by atoms with van der Waals surface area (Å²) in [5, 5.41) is 0. The molecule has 0 unspecified atom stereocenters. The second-order valence-electron chi connectivity index (χ2n) is 3.59.